The molecule has 0 bridgehead atoms. The summed E-state index contributed by atoms with van der Waals surface area (Å²) < 4.78 is 1.87. The van der Waals surface area contributed by atoms with Crippen molar-refractivity contribution in [3.05, 3.63) is 11.9 Å². The zero-order chi connectivity index (χ0) is 9.68. The minimum absolute atomic E-state index is 0.995. The van der Waals surface area contributed by atoms with Gasteiger partial charge in [0, 0.05) is 19.8 Å². The Morgan fingerprint density at radius 3 is 2.85 bits per heavy atom. The van der Waals surface area contributed by atoms with E-state index in [4.69, 9.17) is 0 Å². The molecule has 0 aliphatic rings. The molecule has 0 saturated carbocycles. The third kappa shape index (κ3) is 2.76. The predicted molar refractivity (Wildman–Crippen MR) is 56.0 cm³/mol. The second-order valence-corrected chi connectivity index (χ2v) is 3.30. The molecular formula is C10H19N3. The van der Waals surface area contributed by atoms with Gasteiger partial charge < -0.3 is 5.32 Å². The Balaban J connectivity index is 2.53. The second-order valence-electron chi connectivity index (χ2n) is 3.30. The van der Waals surface area contributed by atoms with Crippen molar-refractivity contribution in [1.29, 1.82) is 0 Å². The van der Waals surface area contributed by atoms with Crippen molar-refractivity contribution < 1.29 is 0 Å². The predicted octanol–water partition coefficient (Wildman–Crippen LogP) is 2.19. The number of anilines is 1. The molecule has 0 radical (unpaired) electrons. The monoisotopic (exact) mass is 181 g/mol. The van der Waals surface area contributed by atoms with E-state index in [1.54, 1.807) is 0 Å². The molecule has 1 N–H and O–H groups in total. The van der Waals surface area contributed by atoms with Crippen molar-refractivity contribution in [3.8, 4) is 0 Å². The van der Waals surface area contributed by atoms with Gasteiger partial charge in [0.2, 0.25) is 0 Å². The Hall–Kier alpha value is -0.990. The van der Waals surface area contributed by atoms with Crippen LogP contribution in [0.4, 0.5) is 5.69 Å². The van der Waals surface area contributed by atoms with Crippen LogP contribution in [0.15, 0.2) is 6.20 Å². The molecule has 0 saturated heterocycles. The van der Waals surface area contributed by atoms with E-state index in [0.29, 0.717) is 0 Å². The third-order valence-electron chi connectivity index (χ3n) is 2.09. The lowest BCUT2D eigenvalue weighted by molar-refractivity contribution is 0.746. The van der Waals surface area contributed by atoms with Crippen molar-refractivity contribution >= 4 is 5.69 Å². The van der Waals surface area contributed by atoms with Gasteiger partial charge in [0.05, 0.1) is 11.4 Å². The van der Waals surface area contributed by atoms with Gasteiger partial charge >= 0.3 is 0 Å². The van der Waals surface area contributed by atoms with Gasteiger partial charge in [-0.2, -0.15) is 5.10 Å². The molecule has 1 rings (SSSR count). The summed E-state index contributed by atoms with van der Waals surface area (Å²) in [6.45, 7) is 5.38. The molecule has 0 aromatic carbocycles. The Labute approximate surface area is 80.1 Å². The highest BCUT2D eigenvalue weighted by atomic mass is 15.3. The molecule has 0 spiro atoms. The van der Waals surface area contributed by atoms with E-state index in [9.17, 15) is 0 Å². The molecule has 1 aromatic rings. The maximum absolute atomic E-state index is 4.36. The van der Waals surface area contributed by atoms with Gasteiger partial charge in [0.25, 0.3) is 0 Å². The van der Waals surface area contributed by atoms with Crippen LogP contribution in [-0.4, -0.2) is 16.3 Å². The number of aromatic nitrogens is 2. The van der Waals surface area contributed by atoms with Crippen LogP contribution in [0.3, 0.4) is 0 Å². The Morgan fingerprint density at radius 2 is 2.23 bits per heavy atom. The van der Waals surface area contributed by atoms with E-state index in [-0.39, 0.29) is 0 Å². The van der Waals surface area contributed by atoms with E-state index < -0.39 is 0 Å². The lowest BCUT2D eigenvalue weighted by Gasteiger charge is -2.03. The normalized spacial score (nSPS) is 10.4. The van der Waals surface area contributed by atoms with Crippen LogP contribution in [0.5, 0.6) is 0 Å². The van der Waals surface area contributed by atoms with Crippen LogP contribution in [0, 0.1) is 0 Å². The fourth-order valence-electron chi connectivity index (χ4n) is 1.34. The maximum atomic E-state index is 4.36. The summed E-state index contributed by atoms with van der Waals surface area (Å²) in [5.41, 5.74) is 2.36. The van der Waals surface area contributed by atoms with E-state index in [0.717, 1.165) is 13.0 Å². The van der Waals surface area contributed by atoms with E-state index in [2.05, 4.69) is 30.5 Å². The zero-order valence-electron chi connectivity index (χ0n) is 8.80. The summed E-state index contributed by atoms with van der Waals surface area (Å²) in [7, 11) is 1.96. The number of nitrogens with zero attached hydrogens (tertiary/aromatic N) is 2. The number of aryl methyl sites for hydroxylation is 2. The molecule has 3 heteroatoms. The first-order valence-electron chi connectivity index (χ1n) is 5.04. The largest absolute Gasteiger partial charge is 0.382 e. The van der Waals surface area contributed by atoms with E-state index in [1.807, 2.05) is 11.7 Å². The van der Waals surface area contributed by atoms with Gasteiger partial charge in [-0.3, -0.25) is 4.68 Å². The minimum atomic E-state index is 0.995. The van der Waals surface area contributed by atoms with Gasteiger partial charge in [-0.25, -0.2) is 0 Å². The third-order valence-corrected chi connectivity index (χ3v) is 2.09. The van der Waals surface area contributed by atoms with Gasteiger partial charge in [-0.1, -0.05) is 20.3 Å². The van der Waals surface area contributed by atoms with Gasteiger partial charge in [-0.05, 0) is 12.8 Å². The zero-order valence-corrected chi connectivity index (χ0v) is 8.80. The first-order chi connectivity index (χ1) is 6.27. The molecule has 0 atom stereocenters. The molecule has 3 nitrogen and oxygen atoms in total. The van der Waals surface area contributed by atoms with Crippen molar-refractivity contribution in [2.45, 2.75) is 33.1 Å². The molecule has 0 aliphatic heterocycles. The number of rotatable bonds is 5. The van der Waals surface area contributed by atoms with Crippen molar-refractivity contribution in [3.63, 3.8) is 0 Å². The summed E-state index contributed by atoms with van der Waals surface area (Å²) >= 11 is 0. The van der Waals surface area contributed by atoms with Crippen molar-refractivity contribution in [2.24, 2.45) is 7.05 Å². The van der Waals surface area contributed by atoms with Crippen LogP contribution >= 0.6 is 0 Å². The Bertz CT molecular complexity index is 253. The van der Waals surface area contributed by atoms with Crippen LogP contribution < -0.4 is 5.32 Å². The molecule has 1 aromatic heterocycles. The number of hydrogen-bond donors (Lipinski definition) is 1. The van der Waals surface area contributed by atoms with Crippen LogP contribution in [0.25, 0.3) is 0 Å². The average molecular weight is 181 g/mol. The minimum Gasteiger partial charge on any atom is -0.382 e. The Morgan fingerprint density at radius 1 is 1.46 bits per heavy atom. The Kier molecular flexibility index (Phi) is 3.80. The lowest BCUT2D eigenvalue weighted by atomic mass is 10.3. The quantitative estimate of drug-likeness (QED) is 0.706. The maximum Gasteiger partial charge on any atom is 0.0853 e. The van der Waals surface area contributed by atoms with Gasteiger partial charge in [0.15, 0.2) is 0 Å². The van der Waals surface area contributed by atoms with Crippen molar-refractivity contribution in [1.82, 2.24) is 9.78 Å². The highest BCUT2D eigenvalue weighted by Gasteiger charge is 2.03. The highest BCUT2D eigenvalue weighted by molar-refractivity contribution is 5.46. The molecular weight excluding hydrogens is 162 g/mol. The summed E-state index contributed by atoms with van der Waals surface area (Å²) in [5.74, 6) is 0. The van der Waals surface area contributed by atoms with E-state index in [1.165, 1.54) is 24.2 Å². The number of nitrogens with one attached hydrogen (secondary N) is 1. The van der Waals surface area contributed by atoms with Crippen molar-refractivity contribution in [2.75, 3.05) is 11.9 Å². The molecule has 0 fully saturated rings. The summed E-state index contributed by atoms with van der Waals surface area (Å²) in [6, 6.07) is 0. The number of hydrogen-bond acceptors (Lipinski definition) is 2. The highest BCUT2D eigenvalue weighted by Crippen LogP contribution is 2.13. The lowest BCUT2D eigenvalue weighted by Crippen LogP contribution is -2.01. The SMILES string of the molecule is CCCCNc1cn(C)nc1CC. The standard InChI is InChI=1S/C10H19N3/c1-4-6-7-11-10-8-13(3)12-9(10)5-2/h8,11H,4-7H2,1-3H3. The number of unbranched alkanes of at least 4 members (excludes halogenated alkanes) is 1. The summed E-state index contributed by atoms with van der Waals surface area (Å²) in [5, 5.41) is 7.76. The molecule has 0 aliphatic carbocycles. The fraction of sp³-hybridized carbons (Fsp3) is 0.700. The van der Waals surface area contributed by atoms with Crippen LogP contribution in [0.2, 0.25) is 0 Å². The second kappa shape index (κ2) is 4.90. The molecule has 0 amide bonds. The molecule has 13 heavy (non-hydrogen) atoms. The topological polar surface area (TPSA) is 29.9 Å². The fourth-order valence-corrected chi connectivity index (χ4v) is 1.34. The molecule has 74 valence electrons. The van der Waals surface area contributed by atoms with Gasteiger partial charge in [0.1, 0.15) is 0 Å². The molecule has 1 heterocycles. The summed E-state index contributed by atoms with van der Waals surface area (Å²) in [4.78, 5) is 0. The smallest absolute Gasteiger partial charge is 0.0853 e. The summed E-state index contributed by atoms with van der Waals surface area (Å²) in [6.07, 6.45) is 5.50. The average Bonchev–Trinajstić information content (AvgIpc) is 2.47. The van der Waals surface area contributed by atoms with Crippen LogP contribution in [-0.2, 0) is 13.5 Å². The first kappa shape index (κ1) is 10.1. The van der Waals surface area contributed by atoms with Crippen LogP contribution in [0.1, 0.15) is 32.4 Å². The van der Waals surface area contributed by atoms with E-state index >= 15 is 0 Å². The molecule has 0 unspecified atom stereocenters. The van der Waals surface area contributed by atoms with Gasteiger partial charge in [-0.15, -0.1) is 0 Å². The first-order valence-corrected chi connectivity index (χ1v) is 5.04.